The summed E-state index contributed by atoms with van der Waals surface area (Å²) in [6, 6.07) is 18.5. The molecule has 0 aliphatic carbocycles. The first-order valence-electron chi connectivity index (χ1n) is 8.20. The molecule has 8 heteroatoms. The quantitative estimate of drug-likeness (QED) is 0.402. The summed E-state index contributed by atoms with van der Waals surface area (Å²) in [7, 11) is -3.71. The van der Waals surface area contributed by atoms with Crippen molar-refractivity contribution >= 4 is 65.8 Å². The summed E-state index contributed by atoms with van der Waals surface area (Å²) in [5, 5.41) is 2.79. The molecule has 0 saturated heterocycles. The molecule has 0 saturated carbocycles. The number of carbonyl (C=O) groups excluding carboxylic acids is 1. The van der Waals surface area contributed by atoms with E-state index in [1.807, 2.05) is 19.1 Å². The molecule has 0 fully saturated rings. The van der Waals surface area contributed by atoms with Gasteiger partial charge < -0.3 is 5.32 Å². The summed E-state index contributed by atoms with van der Waals surface area (Å²) in [4.78, 5) is 12.6. The molecule has 3 aromatic carbocycles. The van der Waals surface area contributed by atoms with Gasteiger partial charge in [0.15, 0.2) is 0 Å². The summed E-state index contributed by atoms with van der Waals surface area (Å²) in [5.74, 6) is -0.243. The number of rotatable bonds is 5. The second kappa shape index (κ2) is 8.62. The lowest BCUT2D eigenvalue weighted by Gasteiger charge is -2.10. The first kappa shape index (κ1) is 20.8. The van der Waals surface area contributed by atoms with Gasteiger partial charge in [-0.1, -0.05) is 27.6 Å². The average molecular weight is 571 g/mol. The van der Waals surface area contributed by atoms with Crippen LogP contribution >= 0.6 is 38.5 Å². The van der Waals surface area contributed by atoms with Gasteiger partial charge in [-0.2, -0.15) is 0 Å². The Labute approximate surface area is 185 Å². The molecule has 0 radical (unpaired) electrons. The van der Waals surface area contributed by atoms with Crippen LogP contribution in [0.1, 0.15) is 15.9 Å². The number of halogens is 2. The number of anilines is 2. The highest BCUT2D eigenvalue weighted by atomic mass is 127. The zero-order valence-corrected chi connectivity index (χ0v) is 19.3. The highest BCUT2D eigenvalue weighted by Gasteiger charge is 2.15. The van der Waals surface area contributed by atoms with Crippen LogP contribution in [0.2, 0.25) is 0 Å². The van der Waals surface area contributed by atoms with Crippen LogP contribution in [-0.4, -0.2) is 14.3 Å². The molecule has 0 unspecified atom stereocenters. The van der Waals surface area contributed by atoms with Gasteiger partial charge in [-0.25, -0.2) is 8.42 Å². The molecule has 2 N–H and O–H groups in total. The fourth-order valence-electron chi connectivity index (χ4n) is 2.45. The Morgan fingerprint density at radius 3 is 2.14 bits per heavy atom. The molecule has 1 amide bonds. The number of hydrogen-bond acceptors (Lipinski definition) is 3. The van der Waals surface area contributed by atoms with Crippen LogP contribution in [0.5, 0.6) is 0 Å². The number of amides is 1. The lowest BCUT2D eigenvalue weighted by Crippen LogP contribution is -2.15. The van der Waals surface area contributed by atoms with Gasteiger partial charge in [0.2, 0.25) is 0 Å². The third kappa shape index (κ3) is 5.12. The van der Waals surface area contributed by atoms with E-state index in [0.29, 0.717) is 16.9 Å². The first-order valence-corrected chi connectivity index (χ1v) is 11.6. The van der Waals surface area contributed by atoms with Gasteiger partial charge in [-0.15, -0.1) is 0 Å². The molecule has 0 aromatic heterocycles. The Morgan fingerprint density at radius 2 is 1.54 bits per heavy atom. The zero-order valence-electron chi connectivity index (χ0n) is 14.7. The van der Waals surface area contributed by atoms with Crippen molar-refractivity contribution in [3.05, 3.63) is 85.9 Å². The zero-order chi connectivity index (χ0) is 20.3. The van der Waals surface area contributed by atoms with Gasteiger partial charge >= 0.3 is 0 Å². The molecule has 0 spiro atoms. The fourth-order valence-corrected chi connectivity index (χ4v) is 4.69. The maximum absolute atomic E-state index is 12.5. The summed E-state index contributed by atoms with van der Waals surface area (Å²) >= 11 is 5.43. The number of aryl methyl sites for hydroxylation is 1. The number of sulfonamides is 1. The largest absolute Gasteiger partial charge is 0.322 e. The minimum Gasteiger partial charge on any atom is -0.322 e. The van der Waals surface area contributed by atoms with Crippen molar-refractivity contribution < 1.29 is 13.2 Å². The first-order chi connectivity index (χ1) is 13.2. The normalized spacial score (nSPS) is 11.1. The number of hydrogen-bond donors (Lipinski definition) is 2. The van der Waals surface area contributed by atoms with Crippen LogP contribution in [-0.2, 0) is 10.0 Å². The lowest BCUT2D eigenvalue weighted by atomic mass is 10.1. The fraction of sp³-hybridized carbons (Fsp3) is 0.0500. The number of carbonyl (C=O) groups is 1. The van der Waals surface area contributed by atoms with E-state index in [4.69, 9.17) is 0 Å². The number of nitrogens with one attached hydrogen (secondary N) is 2. The van der Waals surface area contributed by atoms with E-state index in [1.165, 1.54) is 12.1 Å². The van der Waals surface area contributed by atoms with Gasteiger partial charge in [-0.3, -0.25) is 9.52 Å². The molecule has 28 heavy (non-hydrogen) atoms. The van der Waals surface area contributed by atoms with E-state index in [0.717, 1.165) is 13.6 Å². The second-order valence-corrected chi connectivity index (χ2v) is 9.83. The van der Waals surface area contributed by atoms with Crippen molar-refractivity contribution in [2.45, 2.75) is 11.8 Å². The Kier molecular flexibility index (Phi) is 6.41. The van der Waals surface area contributed by atoms with E-state index in [1.54, 1.807) is 42.5 Å². The van der Waals surface area contributed by atoms with E-state index in [9.17, 15) is 13.2 Å². The Hall–Kier alpha value is -1.91. The Balaban J connectivity index is 1.73. The standard InChI is InChI=1S/C20H16BrIN2O3S/c1-13-2-11-18(19(22)12-13)20(25)23-15-7-9-17(10-8-15)28(26,27)24-16-5-3-14(21)4-6-16/h2-12,24H,1H3,(H,23,25). The van der Waals surface area contributed by atoms with Crippen molar-refractivity contribution in [3.63, 3.8) is 0 Å². The molecule has 144 valence electrons. The van der Waals surface area contributed by atoms with Crippen molar-refractivity contribution in [1.29, 1.82) is 0 Å². The monoisotopic (exact) mass is 570 g/mol. The van der Waals surface area contributed by atoms with E-state index < -0.39 is 10.0 Å². The van der Waals surface area contributed by atoms with E-state index in [-0.39, 0.29) is 10.8 Å². The van der Waals surface area contributed by atoms with Crippen molar-refractivity contribution in [3.8, 4) is 0 Å². The topological polar surface area (TPSA) is 75.3 Å². The highest BCUT2D eigenvalue weighted by molar-refractivity contribution is 14.1. The molecule has 0 aliphatic heterocycles. The smallest absolute Gasteiger partial charge is 0.261 e. The van der Waals surface area contributed by atoms with Crippen molar-refractivity contribution in [1.82, 2.24) is 0 Å². The average Bonchev–Trinajstić information content (AvgIpc) is 2.64. The van der Waals surface area contributed by atoms with Crippen LogP contribution in [0.15, 0.2) is 76.1 Å². The van der Waals surface area contributed by atoms with Crippen LogP contribution in [0.25, 0.3) is 0 Å². The SMILES string of the molecule is Cc1ccc(C(=O)Nc2ccc(S(=O)(=O)Nc3ccc(Br)cc3)cc2)c(I)c1. The second-order valence-electron chi connectivity index (χ2n) is 6.07. The Morgan fingerprint density at radius 1 is 0.929 bits per heavy atom. The van der Waals surface area contributed by atoms with Crippen LogP contribution < -0.4 is 10.0 Å². The van der Waals surface area contributed by atoms with Gasteiger partial charge in [-0.05, 0) is 90.2 Å². The predicted octanol–water partition coefficient (Wildman–Crippen LogP) is 5.42. The molecule has 3 aromatic rings. The van der Waals surface area contributed by atoms with Gasteiger partial charge in [0.25, 0.3) is 15.9 Å². The Bertz CT molecular complexity index is 1120. The summed E-state index contributed by atoms with van der Waals surface area (Å²) in [6.45, 7) is 1.96. The maximum Gasteiger partial charge on any atom is 0.261 e. The minimum atomic E-state index is -3.71. The number of benzene rings is 3. The van der Waals surface area contributed by atoms with Gasteiger partial charge in [0, 0.05) is 19.4 Å². The lowest BCUT2D eigenvalue weighted by molar-refractivity contribution is 0.102. The van der Waals surface area contributed by atoms with E-state index in [2.05, 4.69) is 48.6 Å². The van der Waals surface area contributed by atoms with Crippen molar-refractivity contribution in [2.24, 2.45) is 0 Å². The molecule has 0 heterocycles. The molecule has 5 nitrogen and oxygen atoms in total. The molecule has 0 aliphatic rings. The maximum atomic E-state index is 12.5. The summed E-state index contributed by atoms with van der Waals surface area (Å²) < 4.78 is 29.3. The predicted molar refractivity (Wildman–Crippen MR) is 123 cm³/mol. The van der Waals surface area contributed by atoms with Crippen LogP contribution in [0.4, 0.5) is 11.4 Å². The third-order valence-corrected chi connectivity index (χ3v) is 6.71. The molecular weight excluding hydrogens is 555 g/mol. The summed E-state index contributed by atoms with van der Waals surface area (Å²) in [5.41, 5.74) is 2.63. The van der Waals surface area contributed by atoms with Crippen molar-refractivity contribution in [2.75, 3.05) is 10.0 Å². The molecule has 0 atom stereocenters. The van der Waals surface area contributed by atoms with Gasteiger partial charge in [0.05, 0.1) is 10.5 Å². The molecular formula is C20H16BrIN2O3S. The third-order valence-electron chi connectivity index (χ3n) is 3.89. The molecule has 0 bridgehead atoms. The molecule has 3 rings (SSSR count). The highest BCUT2D eigenvalue weighted by Crippen LogP contribution is 2.21. The van der Waals surface area contributed by atoms with Crippen LogP contribution in [0, 0.1) is 10.5 Å². The summed E-state index contributed by atoms with van der Waals surface area (Å²) in [6.07, 6.45) is 0. The van der Waals surface area contributed by atoms with Gasteiger partial charge in [0.1, 0.15) is 0 Å². The van der Waals surface area contributed by atoms with E-state index >= 15 is 0 Å². The van der Waals surface area contributed by atoms with Crippen LogP contribution in [0.3, 0.4) is 0 Å². The minimum absolute atomic E-state index is 0.110.